The van der Waals surface area contributed by atoms with E-state index in [2.05, 4.69) is 12.1 Å². The number of rotatable bonds is 3. The quantitative estimate of drug-likeness (QED) is 0.818. The van der Waals surface area contributed by atoms with E-state index >= 15 is 0 Å². The summed E-state index contributed by atoms with van der Waals surface area (Å²) < 4.78 is 0. The lowest BCUT2D eigenvalue weighted by Crippen LogP contribution is -1.94. The number of thioether (sulfide) groups is 1. The monoisotopic (exact) mass is 235 g/mol. The average Bonchev–Trinajstić information content (AvgIpc) is 2.19. The van der Waals surface area contributed by atoms with Crippen LogP contribution in [0.4, 0.5) is 5.69 Å². The number of nitrogens with two attached hydrogens (primary N) is 1. The van der Waals surface area contributed by atoms with Crippen molar-refractivity contribution in [3.05, 3.63) is 34.9 Å². The summed E-state index contributed by atoms with van der Waals surface area (Å²) in [5.74, 6) is 0.696. The molecule has 2 nitrogen and oxygen atoms in total. The van der Waals surface area contributed by atoms with Gasteiger partial charge in [0.25, 0.3) is 0 Å². The maximum Gasteiger partial charge on any atom is 0.186 e. The van der Waals surface area contributed by atoms with Crippen molar-refractivity contribution < 1.29 is 4.79 Å². The van der Waals surface area contributed by atoms with E-state index in [1.54, 1.807) is 6.92 Å². The van der Waals surface area contributed by atoms with Crippen molar-refractivity contribution in [1.82, 2.24) is 0 Å². The van der Waals surface area contributed by atoms with Gasteiger partial charge in [-0.2, -0.15) is 0 Å². The lowest BCUT2D eigenvalue weighted by molar-refractivity contribution is -0.109. The molecule has 0 bridgehead atoms. The lowest BCUT2D eigenvalue weighted by Gasteiger charge is -2.06. The van der Waals surface area contributed by atoms with Gasteiger partial charge in [-0.05, 0) is 31.0 Å². The summed E-state index contributed by atoms with van der Waals surface area (Å²) in [6.07, 6.45) is 3.95. The van der Waals surface area contributed by atoms with Crippen LogP contribution in [0.5, 0.6) is 0 Å². The Balaban J connectivity index is 2.77. The molecule has 3 heteroatoms. The maximum atomic E-state index is 10.7. The summed E-state index contributed by atoms with van der Waals surface area (Å²) in [7, 11) is 0. The van der Waals surface area contributed by atoms with Crippen molar-refractivity contribution in [1.29, 1.82) is 0 Å². The van der Waals surface area contributed by atoms with E-state index in [4.69, 9.17) is 5.73 Å². The van der Waals surface area contributed by atoms with Gasteiger partial charge < -0.3 is 5.73 Å². The van der Waals surface area contributed by atoms with Gasteiger partial charge in [-0.15, -0.1) is 0 Å². The highest BCUT2D eigenvalue weighted by molar-refractivity contribution is 8.13. The number of aryl methyl sites for hydroxylation is 2. The van der Waals surface area contributed by atoms with Crippen molar-refractivity contribution >= 4 is 28.6 Å². The SMILES string of the molecule is CC(=O)SCC=Cc1cc(C)cc(C)c1N. The molecule has 0 aliphatic rings. The van der Waals surface area contributed by atoms with Crippen LogP contribution < -0.4 is 5.73 Å². The summed E-state index contributed by atoms with van der Waals surface area (Å²) in [6, 6.07) is 4.12. The highest BCUT2D eigenvalue weighted by Gasteiger charge is 2.00. The van der Waals surface area contributed by atoms with Gasteiger partial charge >= 0.3 is 0 Å². The van der Waals surface area contributed by atoms with Crippen LogP contribution in [-0.4, -0.2) is 10.9 Å². The van der Waals surface area contributed by atoms with Gasteiger partial charge in [0.05, 0.1) is 0 Å². The molecule has 0 aliphatic carbocycles. The second kappa shape index (κ2) is 5.75. The summed E-state index contributed by atoms with van der Waals surface area (Å²) in [6.45, 7) is 5.63. The first-order chi connectivity index (χ1) is 7.50. The molecular weight excluding hydrogens is 218 g/mol. The van der Waals surface area contributed by atoms with Crippen molar-refractivity contribution in [2.75, 3.05) is 11.5 Å². The highest BCUT2D eigenvalue weighted by Crippen LogP contribution is 2.20. The minimum absolute atomic E-state index is 0.137. The molecule has 0 atom stereocenters. The van der Waals surface area contributed by atoms with Crippen LogP contribution in [0, 0.1) is 13.8 Å². The number of hydrogen-bond donors (Lipinski definition) is 1. The highest BCUT2D eigenvalue weighted by atomic mass is 32.2. The number of nitrogen functional groups attached to an aromatic ring is 1. The summed E-state index contributed by atoms with van der Waals surface area (Å²) in [4.78, 5) is 10.7. The molecule has 0 spiro atoms. The largest absolute Gasteiger partial charge is 0.398 e. The van der Waals surface area contributed by atoms with Crippen molar-refractivity contribution in [2.24, 2.45) is 0 Å². The molecule has 0 unspecified atom stereocenters. The molecule has 0 saturated heterocycles. The molecule has 86 valence electrons. The number of hydrogen-bond acceptors (Lipinski definition) is 3. The van der Waals surface area contributed by atoms with Crippen LogP contribution in [-0.2, 0) is 4.79 Å². The average molecular weight is 235 g/mol. The van der Waals surface area contributed by atoms with Gasteiger partial charge in [-0.1, -0.05) is 35.5 Å². The fourth-order valence-corrected chi connectivity index (χ4v) is 1.92. The molecule has 0 heterocycles. The fraction of sp³-hybridized carbons (Fsp3) is 0.308. The Labute approximate surface area is 101 Å². The Morgan fingerprint density at radius 1 is 1.44 bits per heavy atom. The van der Waals surface area contributed by atoms with E-state index in [1.165, 1.54) is 17.3 Å². The van der Waals surface area contributed by atoms with Gasteiger partial charge in [-0.3, -0.25) is 4.79 Å². The van der Waals surface area contributed by atoms with E-state index in [0.29, 0.717) is 5.75 Å². The number of benzene rings is 1. The molecule has 0 aliphatic heterocycles. The second-order valence-corrected chi connectivity index (χ2v) is 4.99. The summed E-state index contributed by atoms with van der Waals surface area (Å²) in [5.41, 5.74) is 10.1. The molecule has 0 fully saturated rings. The van der Waals surface area contributed by atoms with Gasteiger partial charge in [0.2, 0.25) is 0 Å². The third-order valence-corrected chi connectivity index (χ3v) is 3.01. The molecular formula is C13H17NOS. The third kappa shape index (κ3) is 3.74. The van der Waals surface area contributed by atoms with E-state index in [0.717, 1.165) is 16.8 Å². The second-order valence-electron chi connectivity index (χ2n) is 3.79. The first kappa shape index (κ1) is 12.8. The van der Waals surface area contributed by atoms with E-state index < -0.39 is 0 Å². The minimum Gasteiger partial charge on any atom is -0.398 e. The Kier molecular flexibility index (Phi) is 4.62. The molecule has 1 rings (SSSR count). The molecule has 1 aromatic rings. The number of anilines is 1. The smallest absolute Gasteiger partial charge is 0.186 e. The zero-order valence-corrected chi connectivity index (χ0v) is 10.7. The zero-order valence-electron chi connectivity index (χ0n) is 9.91. The Morgan fingerprint density at radius 3 is 2.75 bits per heavy atom. The molecule has 16 heavy (non-hydrogen) atoms. The van der Waals surface area contributed by atoms with Crippen molar-refractivity contribution in [3.8, 4) is 0 Å². The zero-order chi connectivity index (χ0) is 12.1. The summed E-state index contributed by atoms with van der Waals surface area (Å²) in [5, 5.41) is 0.137. The van der Waals surface area contributed by atoms with Gasteiger partial charge in [-0.25, -0.2) is 0 Å². The number of carbonyl (C=O) groups is 1. The van der Waals surface area contributed by atoms with Crippen LogP contribution in [0.15, 0.2) is 18.2 Å². The van der Waals surface area contributed by atoms with E-state index in [1.807, 2.05) is 26.0 Å². The normalized spacial score (nSPS) is 10.9. The van der Waals surface area contributed by atoms with Crippen LogP contribution in [0.1, 0.15) is 23.6 Å². The molecule has 2 N–H and O–H groups in total. The van der Waals surface area contributed by atoms with Crippen LogP contribution in [0.25, 0.3) is 6.08 Å². The van der Waals surface area contributed by atoms with E-state index in [9.17, 15) is 4.79 Å². The van der Waals surface area contributed by atoms with Gasteiger partial charge in [0.15, 0.2) is 5.12 Å². The summed E-state index contributed by atoms with van der Waals surface area (Å²) >= 11 is 1.30. The maximum absolute atomic E-state index is 10.7. The Hall–Kier alpha value is -1.22. The predicted octanol–water partition coefficient (Wildman–Crippen LogP) is 3.18. The minimum atomic E-state index is 0.137. The predicted molar refractivity (Wildman–Crippen MR) is 72.5 cm³/mol. The molecule has 0 radical (unpaired) electrons. The Bertz CT molecular complexity index is 424. The molecule has 0 aromatic heterocycles. The fourth-order valence-electron chi connectivity index (χ4n) is 1.49. The van der Waals surface area contributed by atoms with Crippen LogP contribution >= 0.6 is 11.8 Å². The molecule has 0 saturated carbocycles. The Morgan fingerprint density at radius 2 is 2.12 bits per heavy atom. The van der Waals surface area contributed by atoms with Crippen molar-refractivity contribution in [2.45, 2.75) is 20.8 Å². The van der Waals surface area contributed by atoms with Crippen LogP contribution in [0.3, 0.4) is 0 Å². The third-order valence-electron chi connectivity index (χ3n) is 2.24. The van der Waals surface area contributed by atoms with Crippen molar-refractivity contribution in [3.63, 3.8) is 0 Å². The first-order valence-corrected chi connectivity index (χ1v) is 6.16. The first-order valence-electron chi connectivity index (χ1n) is 5.17. The standard InChI is InChI=1S/C13H17NOS/c1-9-7-10(2)13(14)12(8-9)5-4-6-16-11(3)15/h4-5,7-8H,6,14H2,1-3H3. The molecule has 1 aromatic carbocycles. The lowest BCUT2D eigenvalue weighted by atomic mass is 10.0. The van der Waals surface area contributed by atoms with Crippen LogP contribution in [0.2, 0.25) is 0 Å². The van der Waals surface area contributed by atoms with E-state index in [-0.39, 0.29) is 5.12 Å². The number of carbonyl (C=O) groups excluding carboxylic acids is 1. The van der Waals surface area contributed by atoms with Gasteiger partial charge in [0, 0.05) is 18.4 Å². The molecule has 0 amide bonds. The topological polar surface area (TPSA) is 43.1 Å². The van der Waals surface area contributed by atoms with Gasteiger partial charge in [0.1, 0.15) is 0 Å².